The van der Waals surface area contributed by atoms with E-state index in [0.717, 1.165) is 33.3 Å². The molecule has 100 valence electrons. The Morgan fingerprint density at radius 1 is 0.950 bits per heavy atom. The highest BCUT2D eigenvalue weighted by atomic mass is 16.1. The Labute approximate surface area is 118 Å². The topological polar surface area (TPSA) is 32.9 Å². The van der Waals surface area contributed by atoms with Crippen molar-refractivity contribution >= 4 is 16.7 Å². The summed E-state index contributed by atoms with van der Waals surface area (Å²) in [5, 5.41) is 0.994. The number of nitrogens with one attached hydrogen (secondary N) is 1. The number of rotatable bonds is 2. The molecule has 0 atom stereocenters. The van der Waals surface area contributed by atoms with Gasteiger partial charge in [-0.2, -0.15) is 0 Å². The number of aryl methyl sites for hydroxylation is 3. The van der Waals surface area contributed by atoms with Crippen LogP contribution >= 0.6 is 0 Å². The molecule has 1 heterocycles. The van der Waals surface area contributed by atoms with E-state index in [2.05, 4.69) is 11.9 Å². The molecule has 0 fully saturated rings. The standard InChI is InChI=1S/C18H17NO/c1-11-8-9-14(10-12(11)2)18(20)17-13(3)19-16-7-5-4-6-15(16)17/h4-10,19H,1-3H3. The Morgan fingerprint density at radius 2 is 1.70 bits per heavy atom. The van der Waals surface area contributed by atoms with Crippen molar-refractivity contribution in [2.24, 2.45) is 0 Å². The molecule has 0 spiro atoms. The SMILES string of the molecule is Cc1ccc(C(=O)c2c(C)[nH]c3ccccc23)cc1C. The zero-order valence-electron chi connectivity index (χ0n) is 11.9. The average Bonchev–Trinajstić information content (AvgIpc) is 2.77. The van der Waals surface area contributed by atoms with Gasteiger partial charge in [0.25, 0.3) is 0 Å². The van der Waals surface area contributed by atoms with Gasteiger partial charge in [0.05, 0.1) is 5.56 Å². The number of aromatic amines is 1. The van der Waals surface area contributed by atoms with Gasteiger partial charge in [-0.3, -0.25) is 4.79 Å². The molecule has 0 aliphatic rings. The van der Waals surface area contributed by atoms with E-state index < -0.39 is 0 Å². The predicted octanol–water partition coefficient (Wildman–Crippen LogP) is 4.32. The van der Waals surface area contributed by atoms with Gasteiger partial charge in [-0.25, -0.2) is 0 Å². The van der Waals surface area contributed by atoms with Crippen LogP contribution < -0.4 is 0 Å². The number of aromatic nitrogens is 1. The summed E-state index contributed by atoms with van der Waals surface area (Å²) in [6.45, 7) is 6.04. The minimum absolute atomic E-state index is 0.0862. The first kappa shape index (κ1) is 12.7. The molecule has 3 rings (SSSR count). The van der Waals surface area contributed by atoms with E-state index in [9.17, 15) is 4.79 Å². The lowest BCUT2D eigenvalue weighted by Crippen LogP contribution is -2.03. The molecule has 2 nitrogen and oxygen atoms in total. The molecule has 0 aliphatic carbocycles. The van der Waals surface area contributed by atoms with Crippen LogP contribution in [0.15, 0.2) is 42.5 Å². The van der Waals surface area contributed by atoms with Gasteiger partial charge in [-0.05, 0) is 44.0 Å². The number of benzene rings is 2. The highest BCUT2D eigenvalue weighted by molar-refractivity contribution is 6.17. The minimum atomic E-state index is 0.0862. The van der Waals surface area contributed by atoms with Gasteiger partial charge in [0.2, 0.25) is 0 Å². The van der Waals surface area contributed by atoms with Crippen LogP contribution in [0.3, 0.4) is 0 Å². The van der Waals surface area contributed by atoms with Crippen molar-refractivity contribution < 1.29 is 4.79 Å². The molecule has 1 N–H and O–H groups in total. The van der Waals surface area contributed by atoms with Gasteiger partial charge in [0.15, 0.2) is 5.78 Å². The van der Waals surface area contributed by atoms with Crippen LogP contribution in [-0.2, 0) is 0 Å². The van der Waals surface area contributed by atoms with E-state index in [1.54, 1.807) is 0 Å². The van der Waals surface area contributed by atoms with Crippen molar-refractivity contribution in [3.05, 3.63) is 70.4 Å². The van der Waals surface area contributed by atoms with Crippen LogP contribution in [0, 0.1) is 20.8 Å². The van der Waals surface area contributed by atoms with Crippen LogP contribution in [0.4, 0.5) is 0 Å². The smallest absolute Gasteiger partial charge is 0.195 e. The third-order valence-electron chi connectivity index (χ3n) is 3.89. The van der Waals surface area contributed by atoms with Gasteiger partial charge >= 0.3 is 0 Å². The zero-order valence-corrected chi connectivity index (χ0v) is 11.9. The second kappa shape index (κ2) is 4.64. The number of para-hydroxylation sites is 1. The largest absolute Gasteiger partial charge is 0.358 e. The lowest BCUT2D eigenvalue weighted by Gasteiger charge is -2.05. The molecule has 0 aliphatic heterocycles. The van der Waals surface area contributed by atoms with Crippen molar-refractivity contribution in [2.75, 3.05) is 0 Å². The summed E-state index contributed by atoms with van der Waals surface area (Å²) in [6.07, 6.45) is 0. The number of fused-ring (bicyclic) bond motifs is 1. The first-order chi connectivity index (χ1) is 9.58. The van der Waals surface area contributed by atoms with Gasteiger partial charge in [-0.15, -0.1) is 0 Å². The summed E-state index contributed by atoms with van der Waals surface area (Å²) in [7, 11) is 0. The number of H-pyrrole nitrogens is 1. The number of carbonyl (C=O) groups is 1. The lowest BCUT2D eigenvalue weighted by molar-refractivity contribution is 0.103. The van der Waals surface area contributed by atoms with E-state index in [4.69, 9.17) is 0 Å². The Balaban J connectivity index is 2.17. The van der Waals surface area contributed by atoms with Crippen LogP contribution in [-0.4, -0.2) is 10.8 Å². The number of hydrogen-bond donors (Lipinski definition) is 1. The average molecular weight is 263 g/mol. The molecule has 0 bridgehead atoms. The normalized spacial score (nSPS) is 10.9. The Kier molecular flexibility index (Phi) is 2.94. The summed E-state index contributed by atoms with van der Waals surface area (Å²) >= 11 is 0. The maximum Gasteiger partial charge on any atom is 0.195 e. The van der Waals surface area contributed by atoms with E-state index >= 15 is 0 Å². The van der Waals surface area contributed by atoms with Gasteiger partial charge in [0, 0.05) is 22.2 Å². The number of carbonyl (C=O) groups excluding carboxylic acids is 1. The molecule has 2 heteroatoms. The molecule has 0 saturated heterocycles. The number of ketones is 1. The zero-order chi connectivity index (χ0) is 14.3. The summed E-state index contributed by atoms with van der Waals surface area (Å²) in [5.74, 6) is 0.0862. The lowest BCUT2D eigenvalue weighted by atomic mass is 9.97. The van der Waals surface area contributed by atoms with Crippen LogP contribution in [0.1, 0.15) is 32.7 Å². The molecule has 0 amide bonds. The molecular weight excluding hydrogens is 246 g/mol. The van der Waals surface area contributed by atoms with Crippen LogP contribution in [0.2, 0.25) is 0 Å². The van der Waals surface area contributed by atoms with E-state index in [1.807, 2.05) is 56.3 Å². The number of hydrogen-bond acceptors (Lipinski definition) is 1. The van der Waals surface area contributed by atoms with E-state index in [1.165, 1.54) is 5.56 Å². The molecule has 2 aromatic carbocycles. The highest BCUT2D eigenvalue weighted by Crippen LogP contribution is 2.25. The highest BCUT2D eigenvalue weighted by Gasteiger charge is 2.17. The van der Waals surface area contributed by atoms with Gasteiger partial charge in [0.1, 0.15) is 0 Å². The predicted molar refractivity (Wildman–Crippen MR) is 82.4 cm³/mol. The Hall–Kier alpha value is -2.35. The molecule has 0 unspecified atom stereocenters. The molecule has 0 radical (unpaired) electrons. The molecule has 20 heavy (non-hydrogen) atoms. The van der Waals surface area contributed by atoms with E-state index in [-0.39, 0.29) is 5.78 Å². The summed E-state index contributed by atoms with van der Waals surface area (Å²) in [5.41, 5.74) is 5.82. The van der Waals surface area contributed by atoms with Gasteiger partial charge < -0.3 is 4.98 Å². The fourth-order valence-corrected chi connectivity index (χ4v) is 2.60. The third kappa shape index (κ3) is 1.94. The monoisotopic (exact) mass is 263 g/mol. The summed E-state index contributed by atoms with van der Waals surface area (Å²) in [4.78, 5) is 16.1. The fraction of sp³-hybridized carbons (Fsp3) is 0.167. The van der Waals surface area contributed by atoms with Gasteiger partial charge in [-0.1, -0.05) is 30.3 Å². The molecule has 0 saturated carbocycles. The third-order valence-corrected chi connectivity index (χ3v) is 3.89. The van der Waals surface area contributed by atoms with Crippen molar-refractivity contribution in [2.45, 2.75) is 20.8 Å². The second-order valence-corrected chi connectivity index (χ2v) is 5.30. The van der Waals surface area contributed by atoms with Crippen molar-refractivity contribution in [1.82, 2.24) is 4.98 Å². The molecular formula is C18H17NO. The maximum absolute atomic E-state index is 12.8. The fourth-order valence-electron chi connectivity index (χ4n) is 2.60. The first-order valence-electron chi connectivity index (χ1n) is 6.77. The van der Waals surface area contributed by atoms with Crippen molar-refractivity contribution in [3.63, 3.8) is 0 Å². The van der Waals surface area contributed by atoms with Crippen LogP contribution in [0.25, 0.3) is 10.9 Å². The Bertz CT molecular complexity index is 811. The Morgan fingerprint density at radius 3 is 2.45 bits per heavy atom. The van der Waals surface area contributed by atoms with Crippen molar-refractivity contribution in [3.8, 4) is 0 Å². The van der Waals surface area contributed by atoms with Crippen LogP contribution in [0.5, 0.6) is 0 Å². The molecule has 3 aromatic rings. The van der Waals surface area contributed by atoms with E-state index in [0.29, 0.717) is 0 Å². The minimum Gasteiger partial charge on any atom is -0.358 e. The second-order valence-electron chi connectivity index (χ2n) is 5.30. The summed E-state index contributed by atoms with van der Waals surface area (Å²) < 4.78 is 0. The molecule has 1 aromatic heterocycles. The quantitative estimate of drug-likeness (QED) is 0.686. The first-order valence-corrected chi connectivity index (χ1v) is 6.77. The summed E-state index contributed by atoms with van der Waals surface area (Å²) in [6, 6.07) is 13.8. The van der Waals surface area contributed by atoms with Crippen molar-refractivity contribution in [1.29, 1.82) is 0 Å². The maximum atomic E-state index is 12.8.